The summed E-state index contributed by atoms with van der Waals surface area (Å²) in [5, 5.41) is 14.8. The lowest BCUT2D eigenvalue weighted by Gasteiger charge is -2.31. The van der Waals surface area contributed by atoms with E-state index >= 15 is 0 Å². The van der Waals surface area contributed by atoms with Gasteiger partial charge in [-0.25, -0.2) is 0 Å². The van der Waals surface area contributed by atoms with Crippen molar-refractivity contribution in [1.29, 1.82) is 0 Å². The lowest BCUT2D eigenvalue weighted by molar-refractivity contribution is -0.137. The maximum Gasteiger partial charge on any atom is 0.417 e. The van der Waals surface area contributed by atoms with Crippen LogP contribution in [0.1, 0.15) is 29.3 Å². The standard InChI is InChI=1S/C28H27F3N4O3S/c1-2-24(23-15-37-12-11-32-23)38-19-9-7-17(8-10-19)27(36)33-26-14-22(34-35-26)25-13-18(16-39-25)20-5-3-4-6-21(20)28(29,30)31/h3-10,13-14,16,23-24,32H,2,11-12,15H2,1H3,(H2,33,34,35,36). The number of hydrogen-bond donors (Lipinski definition) is 3. The maximum absolute atomic E-state index is 13.4. The van der Waals surface area contributed by atoms with Crippen LogP contribution < -0.4 is 15.4 Å². The van der Waals surface area contributed by atoms with Gasteiger partial charge in [0.15, 0.2) is 0 Å². The van der Waals surface area contributed by atoms with Gasteiger partial charge in [-0.3, -0.25) is 9.89 Å². The van der Waals surface area contributed by atoms with Crippen LogP contribution in [0.4, 0.5) is 19.0 Å². The van der Waals surface area contributed by atoms with E-state index in [1.165, 1.54) is 23.5 Å². The van der Waals surface area contributed by atoms with E-state index in [2.05, 4.69) is 27.8 Å². The molecule has 3 heterocycles. The molecule has 0 aliphatic carbocycles. The monoisotopic (exact) mass is 556 g/mol. The average Bonchev–Trinajstić information content (AvgIpc) is 3.62. The zero-order chi connectivity index (χ0) is 27.4. The van der Waals surface area contributed by atoms with Crippen LogP contribution in [0.3, 0.4) is 0 Å². The SMILES string of the molecule is CCC(Oc1ccc(C(=O)Nc2cc(-c3cc(-c4ccccc4C(F)(F)F)cs3)n[nH]2)cc1)C1COCCN1. The van der Waals surface area contributed by atoms with Crippen LogP contribution in [-0.4, -0.2) is 48.0 Å². The molecule has 0 spiro atoms. The Labute approximate surface area is 227 Å². The summed E-state index contributed by atoms with van der Waals surface area (Å²) in [6.07, 6.45) is -3.69. The Balaban J connectivity index is 1.23. The molecule has 1 aliphatic heterocycles. The van der Waals surface area contributed by atoms with Gasteiger partial charge in [-0.15, -0.1) is 11.3 Å². The number of aromatic nitrogens is 2. The van der Waals surface area contributed by atoms with E-state index < -0.39 is 11.7 Å². The fraction of sp³-hybridized carbons (Fsp3) is 0.286. The van der Waals surface area contributed by atoms with Crippen molar-refractivity contribution in [2.45, 2.75) is 31.7 Å². The van der Waals surface area contributed by atoms with Crippen LogP contribution >= 0.6 is 11.3 Å². The predicted molar refractivity (Wildman–Crippen MR) is 144 cm³/mol. The minimum atomic E-state index is -4.45. The number of carbonyl (C=O) groups is 1. The van der Waals surface area contributed by atoms with Gasteiger partial charge >= 0.3 is 6.18 Å². The Morgan fingerprint density at radius 3 is 2.72 bits per heavy atom. The number of ether oxygens (including phenoxy) is 2. The summed E-state index contributed by atoms with van der Waals surface area (Å²) in [5.74, 6) is 0.697. The van der Waals surface area contributed by atoms with E-state index in [9.17, 15) is 18.0 Å². The molecule has 204 valence electrons. The fourth-order valence-corrected chi connectivity index (χ4v) is 5.30. The number of amides is 1. The Morgan fingerprint density at radius 1 is 1.21 bits per heavy atom. The van der Waals surface area contributed by atoms with Gasteiger partial charge in [0.25, 0.3) is 5.91 Å². The molecular weight excluding hydrogens is 529 g/mol. The summed E-state index contributed by atoms with van der Waals surface area (Å²) < 4.78 is 51.9. The smallest absolute Gasteiger partial charge is 0.417 e. The number of benzene rings is 2. The van der Waals surface area contributed by atoms with E-state index in [1.54, 1.807) is 47.8 Å². The number of hydrogen-bond acceptors (Lipinski definition) is 6. The highest BCUT2D eigenvalue weighted by atomic mass is 32.1. The summed E-state index contributed by atoms with van der Waals surface area (Å²) in [4.78, 5) is 13.5. The maximum atomic E-state index is 13.4. The molecule has 2 aromatic carbocycles. The van der Waals surface area contributed by atoms with Crippen molar-refractivity contribution in [2.75, 3.05) is 25.1 Å². The van der Waals surface area contributed by atoms with Gasteiger partial charge in [-0.05, 0) is 59.3 Å². The van der Waals surface area contributed by atoms with Gasteiger partial charge in [-0.2, -0.15) is 18.3 Å². The minimum Gasteiger partial charge on any atom is -0.489 e. The largest absolute Gasteiger partial charge is 0.489 e. The second-order valence-corrected chi connectivity index (χ2v) is 10.00. The number of carbonyl (C=O) groups excluding carboxylic acids is 1. The van der Waals surface area contributed by atoms with Crippen molar-refractivity contribution in [3.8, 4) is 27.4 Å². The number of H-pyrrole nitrogens is 1. The van der Waals surface area contributed by atoms with Gasteiger partial charge < -0.3 is 20.1 Å². The van der Waals surface area contributed by atoms with E-state index in [4.69, 9.17) is 9.47 Å². The molecule has 0 radical (unpaired) electrons. The van der Waals surface area contributed by atoms with Crippen LogP contribution in [0.2, 0.25) is 0 Å². The zero-order valence-corrected chi connectivity index (χ0v) is 21.9. The lowest BCUT2D eigenvalue weighted by atomic mass is 10.0. The van der Waals surface area contributed by atoms with Crippen molar-refractivity contribution in [1.82, 2.24) is 15.5 Å². The average molecular weight is 557 g/mol. The van der Waals surface area contributed by atoms with Crippen LogP contribution in [0.5, 0.6) is 5.75 Å². The number of halogens is 3. The highest BCUT2D eigenvalue weighted by molar-refractivity contribution is 7.14. The molecule has 5 rings (SSSR count). The highest BCUT2D eigenvalue weighted by Gasteiger charge is 2.33. The minimum absolute atomic E-state index is 0.0481. The number of aromatic amines is 1. The Kier molecular flexibility index (Phi) is 8.01. The summed E-state index contributed by atoms with van der Waals surface area (Å²) in [6.45, 7) is 4.14. The molecule has 1 saturated heterocycles. The van der Waals surface area contributed by atoms with Crippen LogP contribution in [-0.2, 0) is 10.9 Å². The summed E-state index contributed by atoms with van der Waals surface area (Å²) in [7, 11) is 0. The van der Waals surface area contributed by atoms with Crippen molar-refractivity contribution in [3.05, 3.63) is 77.2 Å². The van der Waals surface area contributed by atoms with Gasteiger partial charge in [0.2, 0.25) is 0 Å². The Hall–Kier alpha value is -3.67. The lowest BCUT2D eigenvalue weighted by Crippen LogP contribution is -2.50. The first-order valence-electron chi connectivity index (χ1n) is 12.5. The number of nitrogens with zero attached hydrogens (tertiary/aromatic N) is 1. The first kappa shape index (κ1) is 26.9. The number of alkyl halides is 3. The number of nitrogens with one attached hydrogen (secondary N) is 3. The number of thiophene rings is 1. The molecular formula is C28H27F3N4O3S. The zero-order valence-electron chi connectivity index (χ0n) is 21.0. The predicted octanol–water partition coefficient (Wildman–Crippen LogP) is 6.22. The first-order chi connectivity index (χ1) is 18.8. The molecule has 2 aromatic heterocycles. The third kappa shape index (κ3) is 6.32. The van der Waals surface area contributed by atoms with E-state index in [0.717, 1.165) is 19.0 Å². The summed E-state index contributed by atoms with van der Waals surface area (Å²) in [5.41, 5.74) is 0.827. The highest BCUT2D eigenvalue weighted by Crippen LogP contribution is 2.40. The molecule has 1 amide bonds. The molecule has 11 heteroatoms. The second kappa shape index (κ2) is 11.6. The van der Waals surface area contributed by atoms with E-state index in [-0.39, 0.29) is 23.6 Å². The van der Waals surface area contributed by atoms with Crippen molar-refractivity contribution < 1.29 is 27.4 Å². The van der Waals surface area contributed by atoms with Crippen LogP contribution in [0.25, 0.3) is 21.7 Å². The molecule has 0 saturated carbocycles. The van der Waals surface area contributed by atoms with Crippen molar-refractivity contribution >= 4 is 23.1 Å². The molecule has 2 unspecified atom stereocenters. The van der Waals surface area contributed by atoms with Crippen LogP contribution in [0, 0.1) is 0 Å². The number of morpholine rings is 1. The van der Waals surface area contributed by atoms with Gasteiger partial charge in [0, 0.05) is 18.2 Å². The molecule has 3 N–H and O–H groups in total. The third-order valence-electron chi connectivity index (χ3n) is 6.43. The molecule has 1 fully saturated rings. The number of anilines is 1. The van der Waals surface area contributed by atoms with Gasteiger partial charge in [0.05, 0.1) is 29.7 Å². The topological polar surface area (TPSA) is 88.3 Å². The summed E-state index contributed by atoms with van der Waals surface area (Å²) in [6, 6.07) is 15.8. The molecule has 1 aliphatic rings. The number of rotatable bonds is 8. The molecule has 4 aromatic rings. The Bertz CT molecular complexity index is 1410. The van der Waals surface area contributed by atoms with Gasteiger partial charge in [-0.1, -0.05) is 25.1 Å². The Morgan fingerprint density at radius 2 is 2.00 bits per heavy atom. The third-order valence-corrected chi connectivity index (χ3v) is 7.38. The van der Waals surface area contributed by atoms with Crippen LogP contribution in [0.15, 0.2) is 66.0 Å². The van der Waals surface area contributed by atoms with Gasteiger partial charge in [0.1, 0.15) is 23.4 Å². The molecule has 7 nitrogen and oxygen atoms in total. The molecule has 0 bridgehead atoms. The van der Waals surface area contributed by atoms with Crippen molar-refractivity contribution in [3.63, 3.8) is 0 Å². The molecule has 2 atom stereocenters. The first-order valence-corrected chi connectivity index (χ1v) is 13.4. The van der Waals surface area contributed by atoms with E-state index in [0.29, 0.717) is 46.5 Å². The van der Waals surface area contributed by atoms with Crippen molar-refractivity contribution in [2.24, 2.45) is 0 Å². The quantitative estimate of drug-likeness (QED) is 0.240. The fourth-order valence-electron chi connectivity index (χ4n) is 4.43. The van der Waals surface area contributed by atoms with E-state index in [1.807, 2.05) is 0 Å². The molecule has 39 heavy (non-hydrogen) atoms. The summed E-state index contributed by atoms with van der Waals surface area (Å²) >= 11 is 1.27. The normalized spacial score (nSPS) is 16.6. The second-order valence-electron chi connectivity index (χ2n) is 9.09.